The topological polar surface area (TPSA) is 64.6 Å². The van der Waals surface area contributed by atoms with Crippen LogP contribution in [0.4, 0.5) is 4.79 Å². The number of hydrogen-bond acceptors (Lipinski definition) is 4. The van der Waals surface area contributed by atoms with E-state index in [1.54, 1.807) is 0 Å². The summed E-state index contributed by atoms with van der Waals surface area (Å²) in [6.45, 7) is 1.72. The zero-order valence-electron chi connectivity index (χ0n) is 9.80. The molecule has 0 saturated carbocycles. The van der Waals surface area contributed by atoms with Crippen molar-refractivity contribution in [1.29, 1.82) is 0 Å². The lowest BCUT2D eigenvalue weighted by atomic mass is 10.2. The summed E-state index contributed by atoms with van der Waals surface area (Å²) in [6, 6.07) is 8.58. The Morgan fingerprint density at radius 1 is 1.29 bits per heavy atom. The van der Waals surface area contributed by atoms with Gasteiger partial charge in [-0.2, -0.15) is 0 Å². The summed E-state index contributed by atoms with van der Waals surface area (Å²) in [5, 5.41) is 2.33. The number of ether oxygens (including phenoxy) is 2. The van der Waals surface area contributed by atoms with Crippen molar-refractivity contribution in [3.05, 3.63) is 35.9 Å². The molecule has 0 fully saturated rings. The van der Waals surface area contributed by atoms with Gasteiger partial charge in [-0.15, -0.1) is 0 Å². The van der Waals surface area contributed by atoms with Crippen molar-refractivity contribution in [2.45, 2.75) is 19.6 Å². The second-order valence-corrected chi connectivity index (χ2v) is 3.45. The Balaban J connectivity index is 2.37. The Morgan fingerprint density at radius 3 is 2.53 bits per heavy atom. The highest BCUT2D eigenvalue weighted by Gasteiger charge is 2.16. The lowest BCUT2D eigenvalue weighted by Crippen LogP contribution is -2.39. The second-order valence-electron chi connectivity index (χ2n) is 3.45. The van der Waals surface area contributed by atoms with E-state index in [1.165, 1.54) is 14.0 Å². The maximum Gasteiger partial charge on any atom is 0.407 e. The van der Waals surface area contributed by atoms with Crippen molar-refractivity contribution >= 4 is 12.1 Å². The van der Waals surface area contributed by atoms with Gasteiger partial charge in [0.25, 0.3) is 0 Å². The molecule has 0 bridgehead atoms. The monoisotopic (exact) mass is 237 g/mol. The SMILES string of the molecule is COC(=O)NC(C)C(=O)OCc1ccccc1. The number of carbonyl (C=O) groups is 2. The lowest BCUT2D eigenvalue weighted by molar-refractivity contribution is -0.146. The molecule has 0 saturated heterocycles. The highest BCUT2D eigenvalue weighted by Crippen LogP contribution is 2.01. The van der Waals surface area contributed by atoms with E-state index >= 15 is 0 Å². The van der Waals surface area contributed by atoms with Crippen molar-refractivity contribution in [2.24, 2.45) is 0 Å². The molecule has 0 radical (unpaired) electrons. The predicted octanol–water partition coefficient (Wildman–Crippen LogP) is 1.47. The molecule has 0 aromatic heterocycles. The molecule has 1 N–H and O–H groups in total. The fourth-order valence-electron chi connectivity index (χ4n) is 1.15. The minimum absolute atomic E-state index is 0.187. The van der Waals surface area contributed by atoms with Gasteiger partial charge in [-0.3, -0.25) is 0 Å². The summed E-state index contributed by atoms with van der Waals surface area (Å²) >= 11 is 0. The number of alkyl carbamates (subject to hydrolysis) is 1. The number of benzene rings is 1. The highest BCUT2D eigenvalue weighted by atomic mass is 16.5. The fraction of sp³-hybridized carbons (Fsp3) is 0.333. The van der Waals surface area contributed by atoms with Gasteiger partial charge in [0.2, 0.25) is 0 Å². The van der Waals surface area contributed by atoms with Gasteiger partial charge >= 0.3 is 12.1 Å². The van der Waals surface area contributed by atoms with Crippen molar-refractivity contribution < 1.29 is 19.1 Å². The van der Waals surface area contributed by atoms with E-state index in [2.05, 4.69) is 10.1 Å². The van der Waals surface area contributed by atoms with Crippen molar-refractivity contribution in [2.75, 3.05) is 7.11 Å². The number of hydrogen-bond donors (Lipinski definition) is 1. The van der Waals surface area contributed by atoms with Crippen LogP contribution in [-0.4, -0.2) is 25.2 Å². The number of amides is 1. The van der Waals surface area contributed by atoms with E-state index in [0.717, 1.165) is 5.56 Å². The molecule has 0 spiro atoms. The van der Waals surface area contributed by atoms with E-state index in [4.69, 9.17) is 4.74 Å². The Bertz CT molecular complexity index is 377. The van der Waals surface area contributed by atoms with Gasteiger partial charge in [0.15, 0.2) is 0 Å². The first-order valence-electron chi connectivity index (χ1n) is 5.18. The van der Waals surface area contributed by atoms with E-state index in [9.17, 15) is 9.59 Å². The smallest absolute Gasteiger partial charge is 0.407 e. The maximum absolute atomic E-state index is 11.5. The summed E-state index contributed by atoms with van der Waals surface area (Å²) in [6.07, 6.45) is -0.658. The summed E-state index contributed by atoms with van der Waals surface area (Å²) in [7, 11) is 1.23. The van der Waals surface area contributed by atoms with Crippen LogP contribution in [0.25, 0.3) is 0 Å². The van der Waals surface area contributed by atoms with Crippen LogP contribution >= 0.6 is 0 Å². The van der Waals surface area contributed by atoms with Gasteiger partial charge in [0, 0.05) is 0 Å². The third-order valence-corrected chi connectivity index (χ3v) is 2.10. The van der Waals surface area contributed by atoms with Crippen molar-refractivity contribution in [3.63, 3.8) is 0 Å². The summed E-state index contributed by atoms with van der Waals surface area (Å²) in [5.74, 6) is -0.501. The molecule has 92 valence electrons. The second kappa shape index (κ2) is 6.52. The minimum Gasteiger partial charge on any atom is -0.459 e. The van der Waals surface area contributed by atoms with Crippen LogP contribution in [0.2, 0.25) is 0 Å². The Labute approximate surface area is 99.7 Å². The molecule has 5 heteroatoms. The molecule has 1 amide bonds. The first kappa shape index (κ1) is 13.0. The van der Waals surface area contributed by atoms with Crippen molar-refractivity contribution in [1.82, 2.24) is 5.32 Å². The van der Waals surface area contributed by atoms with Gasteiger partial charge in [0.05, 0.1) is 7.11 Å². The van der Waals surface area contributed by atoms with Crippen LogP contribution in [-0.2, 0) is 20.9 Å². The summed E-state index contributed by atoms with van der Waals surface area (Å²) in [4.78, 5) is 22.3. The van der Waals surface area contributed by atoms with Gasteiger partial charge in [-0.25, -0.2) is 9.59 Å². The van der Waals surface area contributed by atoms with Crippen molar-refractivity contribution in [3.8, 4) is 0 Å². The number of rotatable bonds is 4. The average molecular weight is 237 g/mol. The molecule has 17 heavy (non-hydrogen) atoms. The number of esters is 1. The zero-order valence-corrected chi connectivity index (χ0v) is 9.80. The quantitative estimate of drug-likeness (QED) is 0.805. The maximum atomic E-state index is 11.5. The Morgan fingerprint density at radius 2 is 1.94 bits per heavy atom. The van der Waals surface area contributed by atoms with Gasteiger partial charge in [-0.05, 0) is 12.5 Å². The molecule has 0 aliphatic rings. The fourth-order valence-corrected chi connectivity index (χ4v) is 1.15. The van der Waals surface area contributed by atoms with Crippen LogP contribution in [0.5, 0.6) is 0 Å². The molecule has 1 aromatic carbocycles. The molecular weight excluding hydrogens is 222 g/mol. The minimum atomic E-state index is -0.730. The lowest BCUT2D eigenvalue weighted by Gasteiger charge is -2.12. The molecule has 1 atom stereocenters. The van der Waals surface area contributed by atoms with Crippen LogP contribution in [0, 0.1) is 0 Å². The number of nitrogens with one attached hydrogen (secondary N) is 1. The number of carbonyl (C=O) groups excluding carboxylic acids is 2. The van der Waals surface area contributed by atoms with E-state index in [1.807, 2.05) is 30.3 Å². The first-order valence-corrected chi connectivity index (χ1v) is 5.18. The van der Waals surface area contributed by atoms with Crippen LogP contribution < -0.4 is 5.32 Å². The van der Waals surface area contributed by atoms with Gasteiger partial charge in [-0.1, -0.05) is 30.3 Å². The Kier molecular flexibility index (Phi) is 5.00. The summed E-state index contributed by atoms with van der Waals surface area (Å²) < 4.78 is 9.40. The largest absolute Gasteiger partial charge is 0.459 e. The highest BCUT2D eigenvalue weighted by molar-refractivity contribution is 5.80. The summed E-state index contributed by atoms with van der Waals surface area (Å²) in [5.41, 5.74) is 0.895. The molecular formula is C12H15NO4. The van der Waals surface area contributed by atoms with E-state index < -0.39 is 18.1 Å². The zero-order chi connectivity index (χ0) is 12.7. The molecule has 1 rings (SSSR count). The normalized spacial score (nSPS) is 11.4. The number of methoxy groups -OCH3 is 1. The Hall–Kier alpha value is -2.04. The molecule has 0 heterocycles. The third-order valence-electron chi connectivity index (χ3n) is 2.10. The van der Waals surface area contributed by atoms with Crippen LogP contribution in [0.3, 0.4) is 0 Å². The van der Waals surface area contributed by atoms with Crippen LogP contribution in [0.15, 0.2) is 30.3 Å². The average Bonchev–Trinajstić information content (AvgIpc) is 2.36. The molecule has 1 unspecified atom stereocenters. The molecule has 1 aromatic rings. The van der Waals surface area contributed by atoms with E-state index in [-0.39, 0.29) is 6.61 Å². The third kappa shape index (κ3) is 4.55. The van der Waals surface area contributed by atoms with E-state index in [0.29, 0.717) is 0 Å². The molecule has 5 nitrogen and oxygen atoms in total. The standard InChI is InChI=1S/C12H15NO4/c1-9(13-12(15)16-2)11(14)17-8-10-6-4-3-5-7-10/h3-7,9H,8H2,1-2H3,(H,13,15). The first-order chi connectivity index (χ1) is 8.13. The van der Waals surface area contributed by atoms with Gasteiger partial charge < -0.3 is 14.8 Å². The molecule has 0 aliphatic carbocycles. The van der Waals surface area contributed by atoms with Crippen LogP contribution in [0.1, 0.15) is 12.5 Å². The predicted molar refractivity (Wildman–Crippen MR) is 61.2 cm³/mol. The van der Waals surface area contributed by atoms with Gasteiger partial charge in [0.1, 0.15) is 12.6 Å². The molecule has 0 aliphatic heterocycles.